The van der Waals surface area contributed by atoms with E-state index in [1.165, 1.54) is 17.2 Å². The fraction of sp³-hybridized carbons (Fsp3) is 0.227. The molecule has 0 bridgehead atoms. The first-order valence-corrected chi connectivity index (χ1v) is 10.1. The van der Waals surface area contributed by atoms with Gasteiger partial charge in [-0.1, -0.05) is 19.1 Å². The molecule has 0 unspecified atom stereocenters. The van der Waals surface area contributed by atoms with Crippen LogP contribution in [0.3, 0.4) is 0 Å². The average Bonchev–Trinajstić information content (AvgIpc) is 3.55. The Morgan fingerprint density at radius 1 is 1.12 bits per heavy atom. The number of furan rings is 2. The summed E-state index contributed by atoms with van der Waals surface area (Å²) in [5.74, 6) is 0.693. The molecule has 32 heavy (non-hydrogen) atoms. The predicted molar refractivity (Wildman–Crippen MR) is 113 cm³/mol. The van der Waals surface area contributed by atoms with Crippen molar-refractivity contribution in [3.63, 3.8) is 0 Å². The Kier molecular flexibility index (Phi) is 5.02. The second-order valence-corrected chi connectivity index (χ2v) is 7.25. The predicted octanol–water partition coefficient (Wildman–Crippen LogP) is 3.22. The second kappa shape index (κ2) is 8.14. The molecule has 10 nitrogen and oxygen atoms in total. The fourth-order valence-corrected chi connectivity index (χ4v) is 3.52. The lowest BCUT2D eigenvalue weighted by molar-refractivity contribution is -0.132. The summed E-state index contributed by atoms with van der Waals surface area (Å²) in [5.41, 5.74) is 0.779. The summed E-state index contributed by atoms with van der Waals surface area (Å²) in [5, 5.41) is 8.72. The van der Waals surface area contributed by atoms with Gasteiger partial charge in [0.15, 0.2) is 5.76 Å². The third-order valence-corrected chi connectivity index (χ3v) is 5.03. The Morgan fingerprint density at radius 3 is 2.81 bits per heavy atom. The van der Waals surface area contributed by atoms with E-state index in [1.54, 1.807) is 23.1 Å². The largest absolute Gasteiger partial charge is 0.459 e. The van der Waals surface area contributed by atoms with Crippen molar-refractivity contribution in [1.29, 1.82) is 0 Å². The summed E-state index contributed by atoms with van der Waals surface area (Å²) >= 11 is 0. The molecule has 5 rings (SSSR count). The van der Waals surface area contributed by atoms with Gasteiger partial charge in [-0.05, 0) is 30.7 Å². The molecule has 0 aliphatic rings. The van der Waals surface area contributed by atoms with E-state index in [0.717, 1.165) is 11.8 Å². The molecule has 0 atom stereocenters. The van der Waals surface area contributed by atoms with Gasteiger partial charge in [0.1, 0.15) is 17.6 Å². The first-order chi connectivity index (χ1) is 15.6. The summed E-state index contributed by atoms with van der Waals surface area (Å²) in [6, 6.07) is 10.7. The summed E-state index contributed by atoms with van der Waals surface area (Å²) in [7, 11) is 0. The topological polar surface area (TPSA) is 120 Å². The van der Waals surface area contributed by atoms with E-state index in [1.807, 2.05) is 25.1 Å². The van der Waals surface area contributed by atoms with Crippen LogP contribution >= 0.6 is 0 Å². The minimum absolute atomic E-state index is 0.120. The lowest BCUT2D eigenvalue weighted by Gasteiger charge is -2.20. The van der Waals surface area contributed by atoms with Crippen molar-refractivity contribution in [1.82, 2.24) is 24.6 Å². The Labute approximate surface area is 181 Å². The zero-order chi connectivity index (χ0) is 22.1. The minimum atomic E-state index is -0.408. The highest BCUT2D eigenvalue weighted by molar-refractivity contribution is 6.01. The van der Waals surface area contributed by atoms with Crippen molar-refractivity contribution < 1.29 is 18.0 Å². The molecule has 0 aliphatic carbocycles. The quantitative estimate of drug-likeness (QED) is 0.384. The smallest absolute Gasteiger partial charge is 0.297 e. The first kappa shape index (κ1) is 19.7. The molecule has 4 aromatic heterocycles. The first-order valence-electron chi connectivity index (χ1n) is 10.1. The van der Waals surface area contributed by atoms with Crippen LogP contribution in [0.1, 0.15) is 19.2 Å². The molecule has 0 saturated carbocycles. The summed E-state index contributed by atoms with van der Waals surface area (Å²) < 4.78 is 17.8. The lowest BCUT2D eigenvalue weighted by Crippen LogP contribution is -2.36. The number of benzene rings is 1. The van der Waals surface area contributed by atoms with Gasteiger partial charge < -0.3 is 18.2 Å². The summed E-state index contributed by atoms with van der Waals surface area (Å²) in [6.45, 7) is 2.36. The highest BCUT2D eigenvalue weighted by Crippen LogP contribution is 2.24. The lowest BCUT2D eigenvalue weighted by atomic mass is 10.2. The molecular weight excluding hydrogens is 414 g/mol. The van der Waals surface area contributed by atoms with Crippen molar-refractivity contribution in [3.05, 3.63) is 65.2 Å². The normalized spacial score (nSPS) is 11.4. The molecule has 162 valence electrons. The van der Waals surface area contributed by atoms with Crippen molar-refractivity contribution in [2.24, 2.45) is 0 Å². The van der Waals surface area contributed by atoms with Gasteiger partial charge >= 0.3 is 0 Å². The van der Waals surface area contributed by atoms with E-state index >= 15 is 0 Å². The molecule has 0 radical (unpaired) electrons. The van der Waals surface area contributed by atoms with Gasteiger partial charge in [0.2, 0.25) is 17.4 Å². The van der Waals surface area contributed by atoms with E-state index in [2.05, 4.69) is 15.2 Å². The average molecular weight is 433 g/mol. The molecule has 1 aromatic carbocycles. The minimum Gasteiger partial charge on any atom is -0.459 e. The van der Waals surface area contributed by atoms with E-state index in [4.69, 9.17) is 13.3 Å². The number of carbonyl (C=O) groups is 1. The van der Waals surface area contributed by atoms with Crippen molar-refractivity contribution in [3.8, 4) is 11.7 Å². The van der Waals surface area contributed by atoms with Crippen LogP contribution in [0.25, 0.3) is 33.7 Å². The maximum Gasteiger partial charge on any atom is 0.297 e. The Morgan fingerprint density at radius 2 is 2.00 bits per heavy atom. The number of nitrogens with zero attached hydrogens (tertiary/aromatic N) is 5. The molecule has 0 aliphatic heterocycles. The van der Waals surface area contributed by atoms with Gasteiger partial charge in [-0.2, -0.15) is 0 Å². The van der Waals surface area contributed by atoms with Crippen molar-refractivity contribution in [2.75, 3.05) is 6.54 Å². The van der Waals surface area contributed by atoms with Crippen LogP contribution in [0.15, 0.2) is 67.0 Å². The van der Waals surface area contributed by atoms with E-state index < -0.39 is 5.56 Å². The number of fused-ring (bicyclic) bond motifs is 3. The Bertz CT molecular complexity index is 1450. The van der Waals surface area contributed by atoms with Gasteiger partial charge in [-0.25, -0.2) is 4.98 Å². The molecule has 0 fully saturated rings. The number of hydrogen-bond acceptors (Lipinski definition) is 8. The van der Waals surface area contributed by atoms with Gasteiger partial charge in [-0.3, -0.25) is 14.2 Å². The van der Waals surface area contributed by atoms with E-state index in [9.17, 15) is 9.59 Å². The van der Waals surface area contributed by atoms with Gasteiger partial charge in [0, 0.05) is 11.9 Å². The monoisotopic (exact) mass is 433 g/mol. The molecule has 5 aromatic rings. The van der Waals surface area contributed by atoms with Crippen molar-refractivity contribution >= 4 is 28.0 Å². The molecule has 0 spiro atoms. The van der Waals surface area contributed by atoms with Crippen molar-refractivity contribution in [2.45, 2.75) is 26.4 Å². The molecule has 0 saturated heterocycles. The summed E-state index contributed by atoms with van der Waals surface area (Å²) in [6.07, 6.45) is 3.60. The van der Waals surface area contributed by atoms with Gasteiger partial charge in [0.25, 0.3) is 11.4 Å². The van der Waals surface area contributed by atoms with E-state index in [0.29, 0.717) is 23.4 Å². The fourth-order valence-electron chi connectivity index (χ4n) is 3.52. The van der Waals surface area contributed by atoms with Crippen LogP contribution in [-0.2, 0) is 17.9 Å². The molecule has 4 heterocycles. The second-order valence-electron chi connectivity index (χ2n) is 7.25. The molecule has 0 N–H and O–H groups in total. The zero-order valence-corrected chi connectivity index (χ0v) is 17.2. The number of para-hydroxylation sites is 1. The van der Waals surface area contributed by atoms with Crippen LogP contribution in [-0.4, -0.2) is 37.1 Å². The highest BCUT2D eigenvalue weighted by Gasteiger charge is 2.20. The highest BCUT2D eigenvalue weighted by atomic mass is 16.4. The third kappa shape index (κ3) is 3.55. The molecular formula is C22H19N5O5. The summed E-state index contributed by atoms with van der Waals surface area (Å²) in [4.78, 5) is 31.8. The number of amides is 1. The van der Waals surface area contributed by atoms with Crippen LogP contribution < -0.4 is 5.56 Å². The van der Waals surface area contributed by atoms with Gasteiger partial charge in [-0.15, -0.1) is 10.2 Å². The third-order valence-electron chi connectivity index (χ3n) is 5.03. The standard InChI is InChI=1S/C22H19N5O5/c1-2-9-26(11-17-24-25-21(32-17)16-8-5-10-30-16)18(28)12-27-13-23-19-14-6-3-4-7-15(14)31-20(19)22(27)29/h3-8,10,13H,2,9,11-12H2,1H3. The van der Waals surface area contributed by atoms with Gasteiger partial charge in [0.05, 0.1) is 19.1 Å². The van der Waals surface area contributed by atoms with Crippen LogP contribution in [0.2, 0.25) is 0 Å². The maximum atomic E-state index is 13.0. The van der Waals surface area contributed by atoms with Crippen LogP contribution in [0.5, 0.6) is 0 Å². The number of rotatable bonds is 7. The zero-order valence-electron chi connectivity index (χ0n) is 17.2. The van der Waals surface area contributed by atoms with Crippen LogP contribution in [0, 0.1) is 0 Å². The SMILES string of the molecule is CCCN(Cc1nnc(-c2ccco2)o1)C(=O)Cn1cnc2c(oc3ccccc32)c1=O. The number of aromatic nitrogens is 4. The molecule has 1 amide bonds. The Hall–Kier alpha value is -4.21. The van der Waals surface area contributed by atoms with E-state index in [-0.39, 0.29) is 36.4 Å². The Balaban J connectivity index is 1.38. The number of carbonyl (C=O) groups excluding carboxylic acids is 1. The maximum absolute atomic E-state index is 13.0. The van der Waals surface area contributed by atoms with Crippen LogP contribution in [0.4, 0.5) is 0 Å². The molecule has 10 heteroatoms. The number of hydrogen-bond donors (Lipinski definition) is 0.